The fourth-order valence-electron chi connectivity index (χ4n) is 10.0. The van der Waals surface area contributed by atoms with Crippen LogP contribution in [-0.2, 0) is 17.3 Å². The maximum absolute atomic E-state index is 5.90. The zero-order chi connectivity index (χ0) is 55.1. The lowest BCUT2D eigenvalue weighted by molar-refractivity contribution is 0.582. The average Bonchev–Trinajstić information content (AvgIpc) is 4.37. The highest BCUT2D eigenvalue weighted by atomic mass is 16.4. The molecular weight excluding hydrogens is 979 g/mol. The molecule has 10 aromatic carbocycles. The van der Waals surface area contributed by atoms with Gasteiger partial charge in [-0.2, -0.15) is 0 Å². The molecule has 7 nitrogen and oxygen atoms in total. The van der Waals surface area contributed by atoms with Gasteiger partial charge in [0.25, 0.3) is 0 Å². The van der Waals surface area contributed by atoms with E-state index in [4.69, 9.17) is 8.83 Å². The fraction of sp³-hybridized carbons (Fsp3) is 0.123. The first-order valence-corrected chi connectivity index (χ1v) is 27.2. The van der Waals surface area contributed by atoms with Crippen LogP contribution in [0.5, 0.6) is 0 Å². The summed E-state index contributed by atoms with van der Waals surface area (Å²) >= 11 is 0. The highest BCUT2D eigenvalue weighted by Gasteiger charge is 2.19. The minimum Gasteiger partial charge on any atom is -0.416 e. The number of aromatic nitrogens is 5. The van der Waals surface area contributed by atoms with E-state index in [1.165, 1.54) is 66.4 Å². The third-order valence-electron chi connectivity index (χ3n) is 14.4. The smallest absolute Gasteiger partial charge is 0.248 e. The molecule has 0 atom stereocenters. The molecule has 0 N–H and O–H groups in total. The van der Waals surface area contributed by atoms with Gasteiger partial charge in [-0.25, -0.2) is 0 Å². The zero-order valence-corrected chi connectivity index (χ0v) is 46.1. The first kappa shape index (κ1) is 52.3. The van der Waals surface area contributed by atoms with Gasteiger partial charge in [-0.15, -0.1) is 20.4 Å². The van der Waals surface area contributed by atoms with Crippen LogP contribution in [0.3, 0.4) is 0 Å². The lowest BCUT2D eigenvalue weighted by Crippen LogP contribution is -2.10. The Balaban J connectivity index is 0.000000116. The van der Waals surface area contributed by atoms with Crippen LogP contribution in [0.1, 0.15) is 63.8 Å². The maximum Gasteiger partial charge on any atom is 0.248 e. The molecule has 0 spiro atoms. The van der Waals surface area contributed by atoms with Crippen molar-refractivity contribution in [3.63, 3.8) is 0 Å². The highest BCUT2D eigenvalue weighted by Crippen LogP contribution is 2.37. The predicted octanol–water partition coefficient (Wildman–Crippen LogP) is 19.1. The van der Waals surface area contributed by atoms with Gasteiger partial charge in [0.05, 0.1) is 11.0 Å². The van der Waals surface area contributed by atoms with E-state index in [0.29, 0.717) is 23.6 Å². The lowest BCUT2D eigenvalue weighted by Gasteiger charge is -2.18. The number of hydrogen-bond acceptors (Lipinski definition) is 6. The van der Waals surface area contributed by atoms with Crippen molar-refractivity contribution in [3.8, 4) is 73.8 Å². The van der Waals surface area contributed by atoms with Crippen molar-refractivity contribution in [2.24, 2.45) is 0 Å². The van der Waals surface area contributed by atoms with Gasteiger partial charge in [-0.1, -0.05) is 230 Å². The Morgan fingerprint density at radius 2 is 0.600 bits per heavy atom. The number of fused-ring (bicyclic) bond motifs is 6. The summed E-state index contributed by atoms with van der Waals surface area (Å²) in [5.74, 6) is 2.17. The van der Waals surface area contributed by atoms with Gasteiger partial charge in [-0.3, -0.25) is 0 Å². The third-order valence-corrected chi connectivity index (χ3v) is 14.4. The molecular formula is C73H63N5O2. The average molecular weight is 1040 g/mol. The van der Waals surface area contributed by atoms with E-state index in [1.54, 1.807) is 0 Å². The van der Waals surface area contributed by atoms with Crippen molar-refractivity contribution in [2.75, 3.05) is 0 Å². The molecule has 3 heterocycles. The quantitative estimate of drug-likeness (QED) is 0.165. The van der Waals surface area contributed by atoms with Gasteiger partial charge < -0.3 is 13.4 Å². The van der Waals surface area contributed by atoms with E-state index >= 15 is 0 Å². The molecule has 1 aliphatic rings. The van der Waals surface area contributed by atoms with Crippen LogP contribution in [0.25, 0.3) is 95.6 Å². The highest BCUT2D eigenvalue weighted by molar-refractivity contribution is 6.09. The standard InChI is InChI=1S/C24H22N2O.C18H18N2O.C18H13N.C13H10/c1-24(2,3)21-15-13-20(14-16-21)23-26-25-22(27-23)19-11-9-18(10-12-19)17-7-5-4-6-8-17;1-18(2,3)15-11-9-14(10-12-15)17-20-19-16(21-17)13-7-5-4-6-8-13;1-2-8-14(9-3-1)19-17-12-6-4-10-15(17)16-11-5-7-13-18(16)19;1-3-7-12-10(5-1)9-11-6-2-4-8-13(11)12/h4-16H,1-3H3;4-12H,1-3H3;1-13H;1-8H,9H2. The van der Waals surface area contributed by atoms with Crippen molar-refractivity contribution in [3.05, 3.63) is 283 Å². The Labute approximate surface area is 468 Å². The van der Waals surface area contributed by atoms with Crippen LogP contribution >= 0.6 is 0 Å². The second kappa shape index (κ2) is 23.1. The third kappa shape index (κ3) is 11.7. The molecule has 0 fully saturated rings. The van der Waals surface area contributed by atoms with E-state index in [-0.39, 0.29) is 10.8 Å². The van der Waals surface area contributed by atoms with E-state index in [1.807, 2.05) is 84.9 Å². The van der Waals surface area contributed by atoms with Crippen LogP contribution < -0.4 is 0 Å². The van der Waals surface area contributed by atoms with E-state index in [9.17, 15) is 0 Å². The fourth-order valence-corrected chi connectivity index (χ4v) is 10.0. The molecule has 13 aromatic rings. The number of nitrogens with zero attached hydrogens (tertiary/aromatic N) is 5. The first-order chi connectivity index (χ1) is 38.9. The molecule has 80 heavy (non-hydrogen) atoms. The molecule has 0 saturated heterocycles. The Kier molecular flexibility index (Phi) is 15.1. The van der Waals surface area contributed by atoms with Crippen molar-refractivity contribution in [1.29, 1.82) is 0 Å². The van der Waals surface area contributed by atoms with Crippen LogP contribution in [0.2, 0.25) is 0 Å². The van der Waals surface area contributed by atoms with Crippen molar-refractivity contribution in [2.45, 2.75) is 58.8 Å². The summed E-state index contributed by atoms with van der Waals surface area (Å²) in [5, 5.41) is 19.3. The molecule has 14 rings (SSSR count). The van der Waals surface area contributed by atoms with Gasteiger partial charge >= 0.3 is 0 Å². The van der Waals surface area contributed by atoms with Gasteiger partial charge in [-0.05, 0) is 135 Å². The summed E-state index contributed by atoms with van der Waals surface area (Å²) in [5.41, 5.74) is 18.4. The van der Waals surface area contributed by atoms with Gasteiger partial charge in [0.2, 0.25) is 23.6 Å². The molecule has 0 radical (unpaired) electrons. The summed E-state index contributed by atoms with van der Waals surface area (Å²) in [7, 11) is 0. The molecule has 3 aromatic heterocycles. The van der Waals surface area contributed by atoms with Crippen LogP contribution in [0.4, 0.5) is 0 Å². The Morgan fingerprint density at radius 1 is 0.300 bits per heavy atom. The predicted molar refractivity (Wildman–Crippen MR) is 329 cm³/mol. The summed E-state index contributed by atoms with van der Waals surface area (Å²) < 4.78 is 14.0. The van der Waals surface area contributed by atoms with Crippen LogP contribution in [-0.4, -0.2) is 25.0 Å². The largest absolute Gasteiger partial charge is 0.416 e. The van der Waals surface area contributed by atoms with Gasteiger partial charge in [0.15, 0.2) is 0 Å². The topological polar surface area (TPSA) is 82.8 Å². The van der Waals surface area contributed by atoms with E-state index in [2.05, 4.69) is 242 Å². The second-order valence-electron chi connectivity index (χ2n) is 22.0. The molecule has 392 valence electrons. The Hall–Kier alpha value is -9.72. The summed E-state index contributed by atoms with van der Waals surface area (Å²) in [6.07, 6.45) is 1.10. The molecule has 1 aliphatic carbocycles. The molecule has 0 unspecified atom stereocenters. The van der Waals surface area contributed by atoms with E-state index < -0.39 is 0 Å². The Morgan fingerprint density at radius 3 is 1.01 bits per heavy atom. The summed E-state index contributed by atoms with van der Waals surface area (Å²) in [6, 6.07) is 89.9. The lowest BCUT2D eigenvalue weighted by atomic mass is 9.87. The maximum atomic E-state index is 5.90. The Bertz CT molecular complexity index is 4030. The van der Waals surface area contributed by atoms with Gasteiger partial charge in [0, 0.05) is 38.7 Å². The SMILES string of the molecule is CC(C)(C)c1ccc(-c2nnc(-c3ccc(-c4ccccc4)cc3)o2)cc1.CC(C)(C)c1ccc(-c2nnc(-c3ccccc3)o2)cc1.c1ccc(-n2c3ccccc3c3ccccc32)cc1.c1ccc2c(c1)Cc1ccccc1-2. The molecule has 7 heteroatoms. The van der Waals surface area contributed by atoms with Gasteiger partial charge in [0.1, 0.15) is 0 Å². The molecule has 0 bridgehead atoms. The monoisotopic (exact) mass is 1040 g/mol. The van der Waals surface area contributed by atoms with Crippen molar-refractivity contribution < 1.29 is 8.83 Å². The number of rotatable bonds is 6. The van der Waals surface area contributed by atoms with Crippen LogP contribution in [0, 0.1) is 0 Å². The minimum absolute atomic E-state index is 0.124. The molecule has 0 saturated carbocycles. The second-order valence-corrected chi connectivity index (χ2v) is 22.0. The molecule has 0 aliphatic heterocycles. The molecule has 0 amide bonds. The first-order valence-electron chi connectivity index (χ1n) is 27.2. The number of hydrogen-bond donors (Lipinski definition) is 0. The summed E-state index contributed by atoms with van der Waals surface area (Å²) in [4.78, 5) is 0. The van der Waals surface area contributed by atoms with Crippen molar-refractivity contribution in [1.82, 2.24) is 25.0 Å². The number of benzene rings is 10. The summed E-state index contributed by atoms with van der Waals surface area (Å²) in [6.45, 7) is 13.2. The van der Waals surface area contributed by atoms with Crippen LogP contribution in [0.15, 0.2) is 270 Å². The van der Waals surface area contributed by atoms with E-state index in [0.717, 1.165) is 34.2 Å². The normalized spacial score (nSPS) is 11.6. The zero-order valence-electron chi connectivity index (χ0n) is 46.1. The minimum atomic E-state index is 0.124. The van der Waals surface area contributed by atoms with Crippen molar-refractivity contribution >= 4 is 21.8 Å². The number of para-hydroxylation sites is 3.